The van der Waals surface area contributed by atoms with Crippen molar-refractivity contribution in [2.45, 2.75) is 44.9 Å². The van der Waals surface area contributed by atoms with Crippen LogP contribution in [-0.4, -0.2) is 16.8 Å². The zero-order valence-corrected chi connectivity index (χ0v) is 14.6. The van der Waals surface area contributed by atoms with Crippen molar-refractivity contribution in [1.82, 2.24) is 5.32 Å². The van der Waals surface area contributed by atoms with Gasteiger partial charge < -0.3 is 15.2 Å². The van der Waals surface area contributed by atoms with E-state index in [9.17, 15) is 9.90 Å². The van der Waals surface area contributed by atoms with Crippen LogP contribution in [0.25, 0.3) is 0 Å². The minimum atomic E-state index is -1.29. The normalized spacial score (nSPS) is 15.2. The molecule has 2 aromatic rings. The highest BCUT2D eigenvalue weighted by Gasteiger charge is 2.37. The van der Waals surface area contributed by atoms with Crippen LogP contribution in [0.1, 0.15) is 44.9 Å². The van der Waals surface area contributed by atoms with Crippen LogP contribution in [0, 0.1) is 0 Å². The van der Waals surface area contributed by atoms with E-state index in [-0.39, 0.29) is 0 Å². The van der Waals surface area contributed by atoms with Crippen LogP contribution in [0.5, 0.6) is 0 Å². The van der Waals surface area contributed by atoms with Crippen LogP contribution in [0.2, 0.25) is 0 Å². The number of carbonyl (C=O) groups is 1. The third-order valence-electron chi connectivity index (χ3n) is 3.71. The Labute approximate surface area is 143 Å². The van der Waals surface area contributed by atoms with E-state index in [1.54, 1.807) is 27.7 Å². The van der Waals surface area contributed by atoms with Gasteiger partial charge in [0.05, 0.1) is 6.04 Å². The maximum atomic E-state index is 12.3. The van der Waals surface area contributed by atoms with Gasteiger partial charge in [0.1, 0.15) is 11.2 Å². The van der Waals surface area contributed by atoms with E-state index in [0.717, 1.165) is 11.1 Å². The van der Waals surface area contributed by atoms with Gasteiger partial charge in [0.2, 0.25) is 0 Å². The van der Waals surface area contributed by atoms with Crippen LogP contribution in [0.3, 0.4) is 0 Å². The second-order valence-corrected chi connectivity index (χ2v) is 7.00. The molecule has 2 rings (SSSR count). The molecule has 24 heavy (non-hydrogen) atoms. The van der Waals surface area contributed by atoms with Gasteiger partial charge in [-0.25, -0.2) is 4.79 Å². The first-order valence-electron chi connectivity index (χ1n) is 8.02. The first-order chi connectivity index (χ1) is 11.2. The van der Waals surface area contributed by atoms with Gasteiger partial charge in [-0.3, -0.25) is 0 Å². The van der Waals surface area contributed by atoms with Crippen molar-refractivity contribution in [2.24, 2.45) is 0 Å². The summed E-state index contributed by atoms with van der Waals surface area (Å²) >= 11 is 0. The van der Waals surface area contributed by atoms with Crippen molar-refractivity contribution in [3.05, 3.63) is 71.8 Å². The number of rotatable bonds is 4. The number of ether oxygens (including phenoxy) is 1. The molecule has 0 aromatic heterocycles. The fourth-order valence-electron chi connectivity index (χ4n) is 2.56. The second-order valence-electron chi connectivity index (χ2n) is 7.00. The second kappa shape index (κ2) is 7.05. The Balaban J connectivity index is 2.35. The molecular formula is C20H25NO3. The van der Waals surface area contributed by atoms with Crippen molar-refractivity contribution in [2.75, 3.05) is 0 Å². The number of amides is 1. The number of aliphatic hydroxyl groups is 1. The molecular weight excluding hydrogens is 302 g/mol. The molecule has 4 nitrogen and oxygen atoms in total. The Morgan fingerprint density at radius 1 is 0.958 bits per heavy atom. The topological polar surface area (TPSA) is 58.6 Å². The maximum absolute atomic E-state index is 12.3. The minimum Gasteiger partial charge on any atom is -0.444 e. The van der Waals surface area contributed by atoms with E-state index < -0.39 is 23.3 Å². The summed E-state index contributed by atoms with van der Waals surface area (Å²) in [6.45, 7) is 7.11. The molecule has 2 aromatic carbocycles. The smallest absolute Gasteiger partial charge is 0.408 e. The molecule has 128 valence electrons. The summed E-state index contributed by atoms with van der Waals surface area (Å²) in [5.74, 6) is 0. The molecule has 0 bridgehead atoms. The average Bonchev–Trinajstić information content (AvgIpc) is 2.52. The van der Waals surface area contributed by atoms with Gasteiger partial charge in [0.25, 0.3) is 0 Å². The van der Waals surface area contributed by atoms with E-state index >= 15 is 0 Å². The minimum absolute atomic E-state index is 0.562. The van der Waals surface area contributed by atoms with Crippen molar-refractivity contribution < 1.29 is 14.6 Å². The van der Waals surface area contributed by atoms with E-state index in [1.165, 1.54) is 0 Å². The molecule has 0 spiro atoms. The monoisotopic (exact) mass is 327 g/mol. The lowest BCUT2D eigenvalue weighted by Crippen LogP contribution is -2.44. The van der Waals surface area contributed by atoms with E-state index in [1.807, 2.05) is 60.7 Å². The standard InChI is InChI=1S/C20H25NO3/c1-19(2,3)24-18(22)21-17(15-11-7-5-8-12-15)20(4,23)16-13-9-6-10-14-16/h5-14,17,23H,1-4H3,(H,21,22)/t17-,20+/m1/s1. The summed E-state index contributed by atoms with van der Waals surface area (Å²) in [6.07, 6.45) is -0.562. The average molecular weight is 327 g/mol. The first kappa shape index (κ1) is 18.0. The fraction of sp³-hybridized carbons (Fsp3) is 0.350. The van der Waals surface area contributed by atoms with Crippen molar-refractivity contribution in [1.29, 1.82) is 0 Å². The summed E-state index contributed by atoms with van der Waals surface area (Å²) < 4.78 is 5.36. The van der Waals surface area contributed by atoms with Crippen LogP contribution in [0.15, 0.2) is 60.7 Å². The van der Waals surface area contributed by atoms with Gasteiger partial charge in [0.15, 0.2) is 0 Å². The van der Waals surface area contributed by atoms with Crippen molar-refractivity contribution >= 4 is 6.09 Å². The molecule has 0 aliphatic rings. The van der Waals surface area contributed by atoms with Gasteiger partial charge in [-0.2, -0.15) is 0 Å². The maximum Gasteiger partial charge on any atom is 0.408 e. The molecule has 0 fully saturated rings. The SMILES string of the molecule is CC(C)(C)OC(=O)N[C@H](c1ccccc1)[C@@](C)(O)c1ccccc1. The number of hydrogen-bond acceptors (Lipinski definition) is 3. The fourth-order valence-corrected chi connectivity index (χ4v) is 2.56. The van der Waals surface area contributed by atoms with Crippen molar-refractivity contribution in [3.63, 3.8) is 0 Å². The largest absolute Gasteiger partial charge is 0.444 e. The van der Waals surface area contributed by atoms with E-state index in [0.29, 0.717) is 0 Å². The van der Waals surface area contributed by atoms with Gasteiger partial charge in [0, 0.05) is 0 Å². The molecule has 0 unspecified atom stereocenters. The van der Waals surface area contributed by atoms with E-state index in [4.69, 9.17) is 4.74 Å². The molecule has 0 aliphatic carbocycles. The summed E-state index contributed by atoms with van der Waals surface area (Å²) in [7, 11) is 0. The van der Waals surface area contributed by atoms with Gasteiger partial charge >= 0.3 is 6.09 Å². The van der Waals surface area contributed by atoms with Crippen LogP contribution in [-0.2, 0) is 10.3 Å². The molecule has 0 radical (unpaired) electrons. The summed E-state index contributed by atoms with van der Waals surface area (Å²) in [6, 6.07) is 18.0. The highest BCUT2D eigenvalue weighted by molar-refractivity contribution is 5.68. The Kier molecular flexibility index (Phi) is 5.30. The molecule has 0 aliphatic heterocycles. The number of hydrogen-bond donors (Lipinski definition) is 2. The molecule has 0 saturated heterocycles. The lowest BCUT2D eigenvalue weighted by Gasteiger charge is -2.35. The highest BCUT2D eigenvalue weighted by atomic mass is 16.6. The Morgan fingerprint density at radius 2 is 1.46 bits per heavy atom. The van der Waals surface area contributed by atoms with Crippen LogP contribution in [0.4, 0.5) is 4.79 Å². The highest BCUT2D eigenvalue weighted by Crippen LogP contribution is 2.35. The number of nitrogens with one attached hydrogen (secondary N) is 1. The molecule has 1 amide bonds. The zero-order valence-electron chi connectivity index (χ0n) is 14.6. The lowest BCUT2D eigenvalue weighted by atomic mass is 9.84. The zero-order chi connectivity index (χ0) is 17.8. The molecule has 2 atom stereocenters. The number of carbonyl (C=O) groups excluding carboxylic acids is 1. The first-order valence-corrected chi connectivity index (χ1v) is 8.02. The molecule has 4 heteroatoms. The summed E-state index contributed by atoms with van der Waals surface area (Å²) in [4.78, 5) is 12.3. The summed E-state index contributed by atoms with van der Waals surface area (Å²) in [5.41, 5.74) is -0.379. The number of benzene rings is 2. The van der Waals surface area contributed by atoms with Gasteiger partial charge in [-0.05, 0) is 38.8 Å². The third kappa shape index (κ3) is 4.59. The van der Waals surface area contributed by atoms with Crippen LogP contribution >= 0.6 is 0 Å². The lowest BCUT2D eigenvalue weighted by molar-refractivity contribution is 0.00144. The number of alkyl carbamates (subject to hydrolysis) is 1. The Hall–Kier alpha value is -2.33. The predicted octanol–water partition coefficient (Wildman–Crippen LogP) is 4.16. The Morgan fingerprint density at radius 3 is 1.96 bits per heavy atom. The van der Waals surface area contributed by atoms with Crippen LogP contribution < -0.4 is 5.32 Å². The quantitative estimate of drug-likeness (QED) is 0.886. The van der Waals surface area contributed by atoms with Gasteiger partial charge in [-0.1, -0.05) is 60.7 Å². The molecule has 2 N–H and O–H groups in total. The van der Waals surface area contributed by atoms with Crippen molar-refractivity contribution in [3.8, 4) is 0 Å². The summed E-state index contributed by atoms with van der Waals surface area (Å²) in [5, 5.41) is 14.0. The van der Waals surface area contributed by atoms with Gasteiger partial charge in [-0.15, -0.1) is 0 Å². The Bertz CT molecular complexity index is 660. The molecule has 0 saturated carbocycles. The predicted molar refractivity (Wildman–Crippen MR) is 94.6 cm³/mol. The third-order valence-corrected chi connectivity index (χ3v) is 3.71. The molecule has 0 heterocycles. The van der Waals surface area contributed by atoms with E-state index in [2.05, 4.69) is 5.32 Å².